The van der Waals surface area contributed by atoms with Crippen molar-refractivity contribution in [2.75, 3.05) is 6.61 Å². The molecule has 21 heavy (non-hydrogen) atoms. The number of ether oxygens (including phenoxy) is 1. The van der Waals surface area contributed by atoms with Crippen LogP contribution in [-0.2, 0) is 14.3 Å². The monoisotopic (exact) mass is 330 g/mol. The molecule has 0 aliphatic heterocycles. The van der Waals surface area contributed by atoms with Crippen LogP contribution in [0.5, 0.6) is 0 Å². The molecule has 0 fully saturated rings. The number of hydrogen-bond donors (Lipinski definition) is 0. The highest BCUT2D eigenvalue weighted by Crippen LogP contribution is 2.44. The number of carbonyl (C=O) groups is 2. The van der Waals surface area contributed by atoms with Crippen LogP contribution in [0.15, 0.2) is 24.3 Å². The summed E-state index contributed by atoms with van der Waals surface area (Å²) in [5.41, 5.74) is -0.0149. The smallest absolute Gasteiger partial charge is 0.314 e. The first kappa shape index (κ1) is 18.0. The Hall–Kier alpha value is -1.06. The van der Waals surface area contributed by atoms with Crippen LogP contribution in [0.2, 0.25) is 5.02 Å². The van der Waals surface area contributed by atoms with Crippen molar-refractivity contribution in [2.24, 2.45) is 5.41 Å². The molecule has 1 aromatic rings. The zero-order valence-corrected chi connectivity index (χ0v) is 13.9. The van der Waals surface area contributed by atoms with E-state index in [-0.39, 0.29) is 19.0 Å². The van der Waals surface area contributed by atoms with E-state index in [0.717, 1.165) is 6.29 Å². The van der Waals surface area contributed by atoms with Gasteiger partial charge in [-0.05, 0) is 24.0 Å². The minimum Gasteiger partial charge on any atom is -0.466 e. The molecule has 0 aromatic heterocycles. The molecule has 0 N–H and O–H groups in total. The van der Waals surface area contributed by atoms with Gasteiger partial charge in [-0.1, -0.05) is 43.6 Å². The average molecular weight is 331 g/mol. The maximum absolute atomic E-state index is 12.4. The van der Waals surface area contributed by atoms with Gasteiger partial charge in [-0.2, -0.15) is 0 Å². The molecule has 0 bridgehead atoms. The number of esters is 1. The molecule has 0 aliphatic carbocycles. The number of hydrogen-bond acceptors (Lipinski definition) is 3. The summed E-state index contributed by atoms with van der Waals surface area (Å²) < 4.78 is 5.18. The van der Waals surface area contributed by atoms with Gasteiger partial charge < -0.3 is 9.53 Å². The van der Waals surface area contributed by atoms with Crippen molar-refractivity contribution in [3.05, 3.63) is 34.9 Å². The summed E-state index contributed by atoms with van der Waals surface area (Å²) in [4.78, 5) is 23.2. The Morgan fingerprint density at radius 1 is 1.38 bits per heavy atom. The molecule has 0 saturated heterocycles. The summed E-state index contributed by atoms with van der Waals surface area (Å²) in [6, 6.07) is 7.12. The number of alkyl halides is 1. The lowest BCUT2D eigenvalue weighted by molar-refractivity contribution is -0.148. The first-order valence-corrected chi connectivity index (χ1v) is 7.66. The van der Waals surface area contributed by atoms with Crippen LogP contribution in [0.25, 0.3) is 0 Å². The quantitative estimate of drug-likeness (QED) is 0.427. The number of rotatable bonds is 7. The van der Waals surface area contributed by atoms with Gasteiger partial charge in [0.25, 0.3) is 0 Å². The molecule has 0 spiro atoms. The van der Waals surface area contributed by atoms with Crippen molar-refractivity contribution < 1.29 is 14.3 Å². The lowest BCUT2D eigenvalue weighted by Crippen LogP contribution is -2.38. The second-order valence-electron chi connectivity index (χ2n) is 5.40. The zero-order chi connectivity index (χ0) is 16.0. The molecule has 116 valence electrons. The molecule has 0 radical (unpaired) electrons. The van der Waals surface area contributed by atoms with E-state index in [0.29, 0.717) is 10.6 Å². The van der Waals surface area contributed by atoms with E-state index in [1.54, 1.807) is 25.1 Å². The van der Waals surface area contributed by atoms with Crippen molar-refractivity contribution in [2.45, 2.75) is 38.5 Å². The van der Waals surface area contributed by atoms with Crippen LogP contribution in [0.1, 0.15) is 38.7 Å². The second-order valence-corrected chi connectivity index (χ2v) is 6.33. The normalized spacial score (nSPS) is 14.3. The zero-order valence-electron chi connectivity index (χ0n) is 12.4. The molecule has 1 rings (SSSR count). The van der Waals surface area contributed by atoms with Crippen LogP contribution in [-0.4, -0.2) is 24.2 Å². The van der Waals surface area contributed by atoms with Crippen LogP contribution in [0, 0.1) is 5.41 Å². The van der Waals surface area contributed by atoms with Gasteiger partial charge in [0.05, 0.1) is 12.5 Å². The van der Waals surface area contributed by atoms with Gasteiger partial charge in [-0.3, -0.25) is 4.79 Å². The minimum atomic E-state index is -0.681. The summed E-state index contributed by atoms with van der Waals surface area (Å²) in [5.74, 6) is -1.01. The Morgan fingerprint density at radius 2 is 2.00 bits per heavy atom. The van der Waals surface area contributed by atoms with Gasteiger partial charge in [-0.25, -0.2) is 0 Å². The Bertz CT molecular complexity index is 500. The number of halogens is 2. The van der Waals surface area contributed by atoms with Gasteiger partial charge >= 0.3 is 5.97 Å². The third kappa shape index (κ3) is 4.21. The SMILES string of the molecule is CCOC(=O)C(c1ccccc1Cl)C(C)(C)C(Cl)CC=O. The summed E-state index contributed by atoms with van der Waals surface area (Å²) in [6.45, 7) is 5.72. The van der Waals surface area contributed by atoms with Gasteiger partial charge in [0, 0.05) is 16.8 Å². The predicted molar refractivity (Wildman–Crippen MR) is 84.9 cm³/mol. The van der Waals surface area contributed by atoms with Gasteiger partial charge in [-0.15, -0.1) is 11.6 Å². The molecular weight excluding hydrogens is 311 g/mol. The first-order chi connectivity index (χ1) is 9.86. The average Bonchev–Trinajstić information content (AvgIpc) is 2.41. The molecule has 0 heterocycles. The molecule has 0 saturated carbocycles. The van der Waals surface area contributed by atoms with E-state index in [4.69, 9.17) is 27.9 Å². The maximum atomic E-state index is 12.4. The molecule has 2 unspecified atom stereocenters. The van der Waals surface area contributed by atoms with E-state index in [9.17, 15) is 9.59 Å². The van der Waals surface area contributed by atoms with Gasteiger partial charge in [0.1, 0.15) is 6.29 Å². The standard InChI is InChI=1S/C16H20Cl2O3/c1-4-21-15(20)14(11-7-5-6-8-12(11)17)16(2,3)13(18)9-10-19/h5-8,10,13-14H,4,9H2,1-3H3. The Balaban J connectivity index is 3.29. The second kappa shape index (κ2) is 7.81. The topological polar surface area (TPSA) is 43.4 Å². The van der Waals surface area contributed by atoms with Crippen LogP contribution in [0.3, 0.4) is 0 Å². The molecule has 0 aliphatic rings. The first-order valence-electron chi connectivity index (χ1n) is 6.85. The predicted octanol–water partition coefficient (Wildman–Crippen LogP) is 4.21. The summed E-state index contributed by atoms with van der Waals surface area (Å²) in [7, 11) is 0. The third-order valence-electron chi connectivity index (χ3n) is 3.59. The van der Waals surface area contributed by atoms with E-state index >= 15 is 0 Å². The highest BCUT2D eigenvalue weighted by atomic mass is 35.5. The largest absolute Gasteiger partial charge is 0.466 e. The molecule has 3 nitrogen and oxygen atoms in total. The highest BCUT2D eigenvalue weighted by molar-refractivity contribution is 6.31. The van der Waals surface area contributed by atoms with E-state index in [1.807, 2.05) is 19.9 Å². The van der Waals surface area contributed by atoms with Crippen LogP contribution >= 0.6 is 23.2 Å². The molecule has 5 heteroatoms. The lowest BCUT2D eigenvalue weighted by Gasteiger charge is -2.36. The molecule has 1 aromatic carbocycles. The van der Waals surface area contributed by atoms with Crippen molar-refractivity contribution in [3.8, 4) is 0 Å². The number of carbonyl (C=O) groups excluding carboxylic acids is 2. The summed E-state index contributed by atoms with van der Waals surface area (Å²) in [6.07, 6.45) is 0.920. The van der Waals surface area contributed by atoms with E-state index < -0.39 is 16.7 Å². The Morgan fingerprint density at radius 3 is 2.52 bits per heavy atom. The van der Waals surface area contributed by atoms with E-state index in [2.05, 4.69) is 0 Å². The van der Waals surface area contributed by atoms with Crippen molar-refractivity contribution in [1.82, 2.24) is 0 Å². The van der Waals surface area contributed by atoms with Crippen molar-refractivity contribution in [3.63, 3.8) is 0 Å². The molecule has 2 atom stereocenters. The van der Waals surface area contributed by atoms with E-state index in [1.165, 1.54) is 0 Å². The van der Waals surface area contributed by atoms with Gasteiger partial charge in [0.15, 0.2) is 0 Å². The third-order valence-corrected chi connectivity index (χ3v) is 4.68. The summed E-state index contributed by atoms with van der Waals surface area (Å²) in [5, 5.41) is -0.0146. The minimum absolute atomic E-state index is 0.162. The molecule has 0 amide bonds. The summed E-state index contributed by atoms with van der Waals surface area (Å²) >= 11 is 12.6. The number of aldehydes is 1. The lowest BCUT2D eigenvalue weighted by atomic mass is 9.71. The van der Waals surface area contributed by atoms with Crippen LogP contribution in [0.4, 0.5) is 0 Å². The Labute approximate surface area is 135 Å². The fourth-order valence-corrected chi connectivity index (χ4v) is 2.78. The fourth-order valence-electron chi connectivity index (χ4n) is 2.34. The van der Waals surface area contributed by atoms with Crippen molar-refractivity contribution in [1.29, 1.82) is 0 Å². The molecular formula is C16H20Cl2O3. The van der Waals surface area contributed by atoms with Crippen LogP contribution < -0.4 is 0 Å². The van der Waals surface area contributed by atoms with Gasteiger partial charge in [0.2, 0.25) is 0 Å². The Kier molecular flexibility index (Phi) is 6.69. The fraction of sp³-hybridized carbons (Fsp3) is 0.500. The van der Waals surface area contributed by atoms with Crippen molar-refractivity contribution >= 4 is 35.5 Å². The number of benzene rings is 1. The highest BCUT2D eigenvalue weighted by Gasteiger charge is 2.43. The maximum Gasteiger partial charge on any atom is 0.314 e.